The van der Waals surface area contributed by atoms with Crippen LogP contribution in [0.4, 0.5) is 0 Å². The van der Waals surface area contributed by atoms with Crippen molar-refractivity contribution in [3.05, 3.63) is 35.9 Å². The number of benzene rings is 1. The maximum Gasteiger partial charge on any atom is 0.220 e. The number of nitrogens with one attached hydrogen (secondary N) is 1. The predicted molar refractivity (Wildman–Crippen MR) is 84.4 cm³/mol. The largest absolute Gasteiger partial charge is 0.355 e. The molecule has 0 aromatic heterocycles. The molecule has 106 valence electrons. The summed E-state index contributed by atoms with van der Waals surface area (Å²) in [5.41, 5.74) is 1.36. The molecule has 1 N–H and O–H groups in total. The van der Waals surface area contributed by atoms with Crippen LogP contribution >= 0.6 is 15.9 Å². The van der Waals surface area contributed by atoms with Gasteiger partial charge >= 0.3 is 0 Å². The monoisotopic (exact) mass is 325 g/mol. The fourth-order valence-electron chi connectivity index (χ4n) is 1.64. The highest BCUT2D eigenvalue weighted by atomic mass is 79.9. The number of carbonyl (C=O) groups is 1. The zero-order valence-electron chi connectivity index (χ0n) is 12.2. The molecule has 0 saturated heterocycles. The third kappa shape index (κ3) is 5.77. The van der Waals surface area contributed by atoms with Crippen molar-refractivity contribution in [2.45, 2.75) is 38.9 Å². The second kappa shape index (κ2) is 7.09. The third-order valence-corrected chi connectivity index (χ3v) is 4.46. The Kier molecular flexibility index (Phi) is 6.05. The number of amides is 1. The van der Waals surface area contributed by atoms with Gasteiger partial charge in [-0.05, 0) is 16.9 Å². The quantitative estimate of drug-likeness (QED) is 0.803. The van der Waals surface area contributed by atoms with Crippen molar-refractivity contribution < 1.29 is 4.79 Å². The number of hydrogen-bond acceptors (Lipinski definition) is 1. The van der Waals surface area contributed by atoms with Crippen LogP contribution in [0.5, 0.6) is 0 Å². The highest BCUT2D eigenvalue weighted by Crippen LogP contribution is 2.28. The van der Waals surface area contributed by atoms with Crippen LogP contribution in [0.25, 0.3) is 0 Å². The molecule has 0 aliphatic heterocycles. The Bertz CT molecular complexity index is 397. The lowest BCUT2D eigenvalue weighted by atomic mass is 9.80. The van der Waals surface area contributed by atoms with E-state index in [1.54, 1.807) is 0 Å². The first-order chi connectivity index (χ1) is 8.80. The molecule has 0 heterocycles. The average molecular weight is 326 g/mol. The van der Waals surface area contributed by atoms with Gasteiger partial charge in [0.1, 0.15) is 0 Å². The van der Waals surface area contributed by atoms with Gasteiger partial charge in [0.15, 0.2) is 0 Å². The highest BCUT2D eigenvalue weighted by molar-refractivity contribution is 9.09. The lowest BCUT2D eigenvalue weighted by Crippen LogP contribution is -2.31. The first-order valence-electron chi connectivity index (χ1n) is 6.76. The SMILES string of the molecule is CC(CC(=O)NCC(Br)c1ccccc1)C(C)(C)C. The van der Waals surface area contributed by atoms with Gasteiger partial charge in [-0.3, -0.25) is 4.79 Å². The second-order valence-electron chi connectivity index (χ2n) is 6.15. The molecule has 0 saturated carbocycles. The van der Waals surface area contributed by atoms with E-state index in [-0.39, 0.29) is 16.1 Å². The van der Waals surface area contributed by atoms with E-state index in [1.807, 2.05) is 18.2 Å². The molecule has 1 aromatic carbocycles. The molecule has 0 aliphatic rings. The first kappa shape index (κ1) is 16.2. The first-order valence-corrected chi connectivity index (χ1v) is 7.68. The molecular weight excluding hydrogens is 302 g/mol. The van der Waals surface area contributed by atoms with Crippen LogP contribution in [0.1, 0.15) is 44.5 Å². The summed E-state index contributed by atoms with van der Waals surface area (Å²) < 4.78 is 0. The second-order valence-corrected chi connectivity index (χ2v) is 7.26. The Morgan fingerprint density at radius 3 is 2.37 bits per heavy atom. The molecule has 1 aromatic rings. The van der Waals surface area contributed by atoms with Gasteiger partial charge in [-0.25, -0.2) is 0 Å². The summed E-state index contributed by atoms with van der Waals surface area (Å²) in [7, 11) is 0. The molecule has 0 aliphatic carbocycles. The van der Waals surface area contributed by atoms with Gasteiger partial charge in [0.2, 0.25) is 5.91 Å². The summed E-state index contributed by atoms with van der Waals surface area (Å²) in [5.74, 6) is 0.501. The van der Waals surface area contributed by atoms with Crippen molar-refractivity contribution >= 4 is 21.8 Å². The summed E-state index contributed by atoms with van der Waals surface area (Å²) >= 11 is 3.61. The Labute approximate surface area is 125 Å². The maximum absolute atomic E-state index is 11.9. The molecule has 19 heavy (non-hydrogen) atoms. The standard InChI is InChI=1S/C16H24BrNO/c1-12(16(2,3)4)10-15(19)18-11-14(17)13-8-6-5-7-9-13/h5-9,12,14H,10-11H2,1-4H3,(H,18,19). The van der Waals surface area contributed by atoms with Crippen molar-refractivity contribution in [3.8, 4) is 0 Å². The topological polar surface area (TPSA) is 29.1 Å². The van der Waals surface area contributed by atoms with E-state index in [0.717, 1.165) is 0 Å². The Morgan fingerprint density at radius 1 is 1.26 bits per heavy atom. The van der Waals surface area contributed by atoms with E-state index < -0.39 is 0 Å². The summed E-state index contributed by atoms with van der Waals surface area (Å²) in [4.78, 5) is 12.1. The molecule has 2 unspecified atom stereocenters. The molecule has 0 spiro atoms. The molecule has 2 atom stereocenters. The van der Waals surface area contributed by atoms with E-state index >= 15 is 0 Å². The van der Waals surface area contributed by atoms with Crippen LogP contribution in [0.2, 0.25) is 0 Å². The van der Waals surface area contributed by atoms with Crippen molar-refractivity contribution in [3.63, 3.8) is 0 Å². The number of hydrogen-bond donors (Lipinski definition) is 1. The van der Waals surface area contributed by atoms with Crippen LogP contribution in [0, 0.1) is 11.3 Å². The Balaban J connectivity index is 2.39. The van der Waals surface area contributed by atoms with Crippen LogP contribution < -0.4 is 5.32 Å². The van der Waals surface area contributed by atoms with Gasteiger partial charge in [-0.1, -0.05) is 74.0 Å². The Hall–Kier alpha value is -0.830. The van der Waals surface area contributed by atoms with Gasteiger partial charge in [0, 0.05) is 13.0 Å². The van der Waals surface area contributed by atoms with E-state index in [9.17, 15) is 4.79 Å². The molecule has 0 bridgehead atoms. The minimum Gasteiger partial charge on any atom is -0.355 e. The molecule has 1 amide bonds. The smallest absolute Gasteiger partial charge is 0.220 e. The molecule has 2 nitrogen and oxygen atoms in total. The summed E-state index contributed by atoms with van der Waals surface area (Å²) in [6.07, 6.45) is 0.581. The van der Waals surface area contributed by atoms with Crippen molar-refractivity contribution in [1.82, 2.24) is 5.32 Å². The fraction of sp³-hybridized carbons (Fsp3) is 0.562. The maximum atomic E-state index is 11.9. The third-order valence-electron chi connectivity index (χ3n) is 3.61. The highest BCUT2D eigenvalue weighted by Gasteiger charge is 2.22. The van der Waals surface area contributed by atoms with E-state index in [1.165, 1.54) is 5.56 Å². The number of halogens is 1. The minimum absolute atomic E-state index is 0.128. The minimum atomic E-state index is 0.128. The molecule has 3 heteroatoms. The van der Waals surface area contributed by atoms with Gasteiger partial charge in [-0.15, -0.1) is 0 Å². The number of alkyl halides is 1. The van der Waals surface area contributed by atoms with Gasteiger partial charge < -0.3 is 5.32 Å². The van der Waals surface area contributed by atoms with Gasteiger partial charge in [0.25, 0.3) is 0 Å². The fourth-order valence-corrected chi connectivity index (χ4v) is 2.11. The van der Waals surface area contributed by atoms with Crippen LogP contribution in [-0.4, -0.2) is 12.5 Å². The molecular formula is C16H24BrNO. The van der Waals surface area contributed by atoms with Gasteiger partial charge in [-0.2, -0.15) is 0 Å². The Morgan fingerprint density at radius 2 is 1.84 bits per heavy atom. The molecule has 0 fully saturated rings. The van der Waals surface area contributed by atoms with E-state index in [2.05, 4.69) is 61.1 Å². The van der Waals surface area contributed by atoms with Crippen molar-refractivity contribution in [1.29, 1.82) is 0 Å². The number of carbonyl (C=O) groups excluding carboxylic acids is 1. The summed E-state index contributed by atoms with van der Waals surface area (Å²) in [5, 5.41) is 3.00. The lowest BCUT2D eigenvalue weighted by Gasteiger charge is -2.26. The van der Waals surface area contributed by atoms with E-state index in [0.29, 0.717) is 18.9 Å². The summed E-state index contributed by atoms with van der Waals surface area (Å²) in [6, 6.07) is 10.1. The van der Waals surface area contributed by atoms with Gasteiger partial charge in [0.05, 0.1) is 4.83 Å². The lowest BCUT2D eigenvalue weighted by molar-refractivity contribution is -0.122. The van der Waals surface area contributed by atoms with E-state index in [4.69, 9.17) is 0 Å². The average Bonchev–Trinajstić information content (AvgIpc) is 2.35. The number of rotatable bonds is 5. The van der Waals surface area contributed by atoms with Crippen molar-refractivity contribution in [2.75, 3.05) is 6.54 Å². The zero-order valence-corrected chi connectivity index (χ0v) is 13.8. The summed E-state index contributed by atoms with van der Waals surface area (Å²) in [6.45, 7) is 9.26. The normalized spacial score (nSPS) is 14.8. The predicted octanol–water partition coefficient (Wildman–Crippen LogP) is 4.31. The molecule has 1 rings (SSSR count). The molecule has 0 radical (unpaired) electrons. The van der Waals surface area contributed by atoms with Crippen LogP contribution in [-0.2, 0) is 4.79 Å². The van der Waals surface area contributed by atoms with Crippen LogP contribution in [0.15, 0.2) is 30.3 Å². The van der Waals surface area contributed by atoms with Crippen molar-refractivity contribution in [2.24, 2.45) is 11.3 Å². The zero-order chi connectivity index (χ0) is 14.5. The van der Waals surface area contributed by atoms with Crippen LogP contribution in [0.3, 0.4) is 0 Å².